The van der Waals surface area contributed by atoms with E-state index in [0.29, 0.717) is 15.9 Å². The summed E-state index contributed by atoms with van der Waals surface area (Å²) >= 11 is 3.13. The molecule has 0 aliphatic heterocycles. The van der Waals surface area contributed by atoms with Gasteiger partial charge in [-0.3, -0.25) is 0 Å². The van der Waals surface area contributed by atoms with Gasteiger partial charge in [0.1, 0.15) is 5.75 Å². The Morgan fingerprint density at radius 1 is 1.35 bits per heavy atom. The lowest BCUT2D eigenvalue weighted by atomic mass is 10.2. The van der Waals surface area contributed by atoms with Crippen LogP contribution in [0.5, 0.6) is 11.6 Å². The molecule has 5 heteroatoms. The fraction of sp³-hybridized carbons (Fsp3) is 0.0833. The van der Waals surface area contributed by atoms with E-state index in [1.807, 2.05) is 6.92 Å². The molecule has 0 amide bonds. The number of benzene rings is 1. The molecule has 2 rings (SSSR count). The number of nitrogens with two attached hydrogens (primary N) is 1. The summed E-state index contributed by atoms with van der Waals surface area (Å²) in [5.41, 5.74) is 7.06. The van der Waals surface area contributed by atoms with Crippen LogP contribution in [0.25, 0.3) is 0 Å². The largest absolute Gasteiger partial charge is 0.436 e. The zero-order valence-corrected chi connectivity index (χ0v) is 10.7. The Hall–Kier alpha value is -1.62. The van der Waals surface area contributed by atoms with Gasteiger partial charge in [0.15, 0.2) is 5.82 Å². The van der Waals surface area contributed by atoms with Crippen molar-refractivity contribution in [3.05, 3.63) is 46.3 Å². The zero-order chi connectivity index (χ0) is 12.4. The van der Waals surface area contributed by atoms with Crippen LogP contribution in [-0.2, 0) is 0 Å². The summed E-state index contributed by atoms with van der Waals surface area (Å²) in [7, 11) is 0. The Labute approximate surface area is 107 Å². The maximum atomic E-state index is 13.5. The number of aromatic nitrogens is 1. The number of halogens is 2. The number of anilines is 1. The van der Waals surface area contributed by atoms with E-state index < -0.39 is 5.82 Å². The Morgan fingerprint density at radius 2 is 2.12 bits per heavy atom. The predicted molar refractivity (Wildman–Crippen MR) is 67.6 cm³/mol. The molecule has 2 N–H and O–H groups in total. The Kier molecular flexibility index (Phi) is 3.28. The lowest BCUT2D eigenvalue weighted by molar-refractivity contribution is 0.420. The van der Waals surface area contributed by atoms with Crippen LogP contribution >= 0.6 is 15.9 Å². The smallest absolute Gasteiger partial charge is 0.255 e. The summed E-state index contributed by atoms with van der Waals surface area (Å²) in [4.78, 5) is 3.86. The fourth-order valence-corrected chi connectivity index (χ4v) is 1.61. The van der Waals surface area contributed by atoms with Crippen LogP contribution in [0, 0.1) is 12.7 Å². The van der Waals surface area contributed by atoms with Crippen molar-refractivity contribution in [2.45, 2.75) is 6.92 Å². The minimum Gasteiger partial charge on any atom is -0.436 e. The third-order valence-electron chi connectivity index (χ3n) is 2.19. The van der Waals surface area contributed by atoms with Crippen molar-refractivity contribution >= 4 is 21.6 Å². The standard InChI is InChI=1S/C12H10BrFN2O/c1-7-2-3-9(15)5-11(7)17-12-10(14)4-8(13)6-16-12/h2-6H,15H2,1H3. The van der Waals surface area contributed by atoms with Gasteiger partial charge >= 0.3 is 0 Å². The van der Waals surface area contributed by atoms with Gasteiger partial charge in [0.05, 0.1) is 0 Å². The summed E-state index contributed by atoms with van der Waals surface area (Å²) < 4.78 is 19.5. The molecule has 0 atom stereocenters. The third-order valence-corrected chi connectivity index (χ3v) is 2.63. The number of nitrogens with zero attached hydrogens (tertiary/aromatic N) is 1. The van der Waals surface area contributed by atoms with E-state index >= 15 is 0 Å². The average Bonchev–Trinajstić information content (AvgIpc) is 2.27. The first-order valence-corrected chi connectivity index (χ1v) is 5.70. The monoisotopic (exact) mass is 296 g/mol. The molecule has 0 fully saturated rings. The average molecular weight is 297 g/mol. The minimum atomic E-state index is -0.527. The summed E-state index contributed by atoms with van der Waals surface area (Å²) in [6, 6.07) is 6.50. The molecule has 1 heterocycles. The second-order valence-corrected chi connectivity index (χ2v) is 4.48. The summed E-state index contributed by atoms with van der Waals surface area (Å²) in [6.07, 6.45) is 1.47. The molecular weight excluding hydrogens is 287 g/mol. The molecule has 0 spiro atoms. The van der Waals surface area contributed by atoms with Crippen molar-refractivity contribution in [3.8, 4) is 11.6 Å². The number of pyridine rings is 1. The summed E-state index contributed by atoms with van der Waals surface area (Å²) in [5.74, 6) is -0.0955. The van der Waals surface area contributed by atoms with Gasteiger partial charge in [-0.05, 0) is 40.5 Å². The van der Waals surface area contributed by atoms with Gasteiger partial charge in [-0.15, -0.1) is 0 Å². The van der Waals surface area contributed by atoms with E-state index in [1.165, 1.54) is 12.3 Å². The lowest BCUT2D eigenvalue weighted by Gasteiger charge is -2.09. The highest BCUT2D eigenvalue weighted by molar-refractivity contribution is 9.10. The van der Waals surface area contributed by atoms with Gasteiger partial charge in [0.25, 0.3) is 5.88 Å². The maximum Gasteiger partial charge on any atom is 0.255 e. The highest BCUT2D eigenvalue weighted by Gasteiger charge is 2.09. The molecule has 0 aliphatic carbocycles. The van der Waals surface area contributed by atoms with E-state index in [-0.39, 0.29) is 5.88 Å². The van der Waals surface area contributed by atoms with E-state index in [9.17, 15) is 4.39 Å². The molecule has 88 valence electrons. The van der Waals surface area contributed by atoms with Gasteiger partial charge < -0.3 is 10.5 Å². The van der Waals surface area contributed by atoms with Gasteiger partial charge in [-0.25, -0.2) is 9.37 Å². The van der Waals surface area contributed by atoms with E-state index in [1.54, 1.807) is 18.2 Å². The minimum absolute atomic E-state index is 0.0677. The van der Waals surface area contributed by atoms with Crippen LogP contribution in [-0.4, -0.2) is 4.98 Å². The Bertz CT molecular complexity index is 560. The number of nitrogen functional groups attached to an aromatic ring is 1. The number of hydrogen-bond acceptors (Lipinski definition) is 3. The fourth-order valence-electron chi connectivity index (χ4n) is 1.31. The second-order valence-electron chi connectivity index (χ2n) is 3.57. The van der Waals surface area contributed by atoms with Crippen molar-refractivity contribution in [2.75, 3.05) is 5.73 Å². The maximum absolute atomic E-state index is 13.5. The lowest BCUT2D eigenvalue weighted by Crippen LogP contribution is -1.95. The quantitative estimate of drug-likeness (QED) is 0.860. The van der Waals surface area contributed by atoms with Gasteiger partial charge in [-0.1, -0.05) is 6.07 Å². The number of hydrogen-bond donors (Lipinski definition) is 1. The molecule has 1 aromatic carbocycles. The molecule has 0 radical (unpaired) electrons. The SMILES string of the molecule is Cc1ccc(N)cc1Oc1ncc(Br)cc1F. The van der Waals surface area contributed by atoms with E-state index in [0.717, 1.165) is 5.56 Å². The molecule has 0 bridgehead atoms. The highest BCUT2D eigenvalue weighted by Crippen LogP contribution is 2.28. The molecule has 0 unspecified atom stereocenters. The van der Waals surface area contributed by atoms with Crippen LogP contribution in [0.3, 0.4) is 0 Å². The van der Waals surface area contributed by atoms with E-state index in [2.05, 4.69) is 20.9 Å². The molecule has 1 aromatic heterocycles. The van der Waals surface area contributed by atoms with Crippen molar-refractivity contribution in [2.24, 2.45) is 0 Å². The van der Waals surface area contributed by atoms with Crippen molar-refractivity contribution in [1.82, 2.24) is 4.98 Å². The Balaban J connectivity index is 2.34. The predicted octanol–water partition coefficient (Wildman–Crippen LogP) is 3.67. The number of rotatable bonds is 2. The van der Waals surface area contributed by atoms with Gasteiger partial charge in [0.2, 0.25) is 0 Å². The first-order chi connectivity index (χ1) is 8.06. The van der Waals surface area contributed by atoms with Crippen LogP contribution < -0.4 is 10.5 Å². The number of ether oxygens (including phenoxy) is 1. The van der Waals surface area contributed by atoms with Gasteiger partial charge in [-0.2, -0.15) is 0 Å². The molecule has 17 heavy (non-hydrogen) atoms. The zero-order valence-electron chi connectivity index (χ0n) is 9.08. The van der Waals surface area contributed by atoms with E-state index in [4.69, 9.17) is 10.5 Å². The van der Waals surface area contributed by atoms with Crippen molar-refractivity contribution in [3.63, 3.8) is 0 Å². The molecule has 2 aromatic rings. The summed E-state index contributed by atoms with van der Waals surface area (Å²) in [5, 5.41) is 0. The van der Waals surface area contributed by atoms with Crippen LogP contribution in [0.2, 0.25) is 0 Å². The molecular formula is C12H10BrFN2O. The molecule has 3 nitrogen and oxygen atoms in total. The molecule has 0 aliphatic rings. The highest BCUT2D eigenvalue weighted by atomic mass is 79.9. The first-order valence-electron chi connectivity index (χ1n) is 4.91. The second kappa shape index (κ2) is 4.71. The number of aryl methyl sites for hydroxylation is 1. The van der Waals surface area contributed by atoms with Gasteiger partial charge in [0, 0.05) is 22.4 Å². The normalized spacial score (nSPS) is 10.3. The molecule has 0 saturated carbocycles. The van der Waals surface area contributed by atoms with Crippen molar-refractivity contribution in [1.29, 1.82) is 0 Å². The van der Waals surface area contributed by atoms with Crippen LogP contribution in [0.1, 0.15) is 5.56 Å². The summed E-state index contributed by atoms with van der Waals surface area (Å²) in [6.45, 7) is 1.85. The molecule has 0 saturated heterocycles. The van der Waals surface area contributed by atoms with Crippen LogP contribution in [0.15, 0.2) is 34.9 Å². The Morgan fingerprint density at radius 3 is 2.82 bits per heavy atom. The first kappa shape index (κ1) is 11.9. The van der Waals surface area contributed by atoms with Crippen molar-refractivity contribution < 1.29 is 9.13 Å². The van der Waals surface area contributed by atoms with Crippen LogP contribution in [0.4, 0.5) is 10.1 Å². The third kappa shape index (κ3) is 2.74. The topological polar surface area (TPSA) is 48.1 Å².